The maximum absolute atomic E-state index is 14.3. The lowest BCUT2D eigenvalue weighted by Crippen LogP contribution is -2.49. The number of hydrogen-bond donors (Lipinski definition) is 2. The van der Waals surface area contributed by atoms with Crippen molar-refractivity contribution in [2.45, 2.75) is 32.2 Å². The number of benzene rings is 2. The zero-order valence-corrected chi connectivity index (χ0v) is 16.3. The summed E-state index contributed by atoms with van der Waals surface area (Å²) in [6.07, 6.45) is 1.72. The molecule has 0 atom stereocenters. The monoisotopic (exact) mass is 417 g/mol. The number of amides is 2. The van der Waals surface area contributed by atoms with Crippen LogP contribution in [0.2, 0.25) is 0 Å². The molecule has 2 aromatic rings. The highest BCUT2D eigenvalue weighted by Gasteiger charge is 2.42. The van der Waals surface area contributed by atoms with Crippen molar-refractivity contribution in [1.82, 2.24) is 10.2 Å². The van der Waals surface area contributed by atoms with E-state index in [-0.39, 0.29) is 41.6 Å². The number of nitrogens with two attached hydrogens (primary N) is 1. The Bertz CT molecular complexity index is 1020. The lowest BCUT2D eigenvalue weighted by Gasteiger charge is -2.44. The molecule has 0 saturated carbocycles. The molecule has 5 nitrogen and oxygen atoms in total. The predicted molar refractivity (Wildman–Crippen MR) is 105 cm³/mol. The summed E-state index contributed by atoms with van der Waals surface area (Å²) in [6, 6.07) is 5.95. The number of urea groups is 1. The van der Waals surface area contributed by atoms with Crippen molar-refractivity contribution in [3.05, 3.63) is 64.5 Å². The lowest BCUT2D eigenvalue weighted by atomic mass is 9.66. The highest BCUT2D eigenvalue weighted by molar-refractivity contribution is 5.99. The van der Waals surface area contributed by atoms with Crippen LogP contribution in [-0.2, 0) is 13.0 Å². The third-order valence-electron chi connectivity index (χ3n) is 6.16. The van der Waals surface area contributed by atoms with E-state index >= 15 is 0 Å². The van der Waals surface area contributed by atoms with Gasteiger partial charge in [-0.1, -0.05) is 6.07 Å². The summed E-state index contributed by atoms with van der Waals surface area (Å²) in [5, 5.41) is 2.79. The summed E-state index contributed by atoms with van der Waals surface area (Å²) in [5.41, 5.74) is 6.25. The summed E-state index contributed by atoms with van der Waals surface area (Å²) in [7, 11) is 0. The number of fused-ring (bicyclic) bond motifs is 1. The maximum Gasteiger partial charge on any atom is 0.317 e. The molecule has 2 aliphatic rings. The minimum Gasteiger partial charge on any atom is -0.396 e. The van der Waals surface area contributed by atoms with Crippen LogP contribution in [0, 0.1) is 22.9 Å². The molecule has 3 N–H and O–H groups in total. The smallest absolute Gasteiger partial charge is 0.317 e. The number of nitrogens with zero attached hydrogens (tertiary/aromatic N) is 1. The van der Waals surface area contributed by atoms with Gasteiger partial charge < -0.3 is 16.0 Å². The first-order valence-electron chi connectivity index (χ1n) is 9.84. The highest BCUT2D eigenvalue weighted by atomic mass is 19.1. The van der Waals surface area contributed by atoms with Gasteiger partial charge in [0.15, 0.2) is 5.78 Å². The average Bonchev–Trinajstić information content (AvgIpc) is 2.70. The Morgan fingerprint density at radius 2 is 1.80 bits per heavy atom. The Morgan fingerprint density at radius 1 is 1.07 bits per heavy atom. The molecule has 1 aliphatic heterocycles. The molecule has 4 rings (SSSR count). The molecule has 1 spiro atoms. The van der Waals surface area contributed by atoms with Crippen LogP contribution in [0.4, 0.5) is 23.7 Å². The first kappa shape index (κ1) is 20.3. The number of piperidine rings is 1. The van der Waals surface area contributed by atoms with E-state index in [9.17, 15) is 22.8 Å². The number of rotatable bonds is 2. The summed E-state index contributed by atoms with van der Waals surface area (Å²) < 4.78 is 41.0. The number of carbonyl (C=O) groups is 2. The minimum absolute atomic E-state index is 0.0241. The van der Waals surface area contributed by atoms with Crippen molar-refractivity contribution in [1.29, 1.82) is 0 Å². The van der Waals surface area contributed by atoms with E-state index in [0.29, 0.717) is 37.9 Å². The predicted octanol–water partition coefficient (Wildman–Crippen LogP) is 3.81. The van der Waals surface area contributed by atoms with Crippen LogP contribution in [0.1, 0.15) is 40.7 Å². The van der Waals surface area contributed by atoms with Crippen molar-refractivity contribution in [2.24, 2.45) is 5.41 Å². The number of anilines is 1. The molecule has 30 heavy (non-hydrogen) atoms. The van der Waals surface area contributed by atoms with Crippen LogP contribution >= 0.6 is 0 Å². The largest absolute Gasteiger partial charge is 0.396 e. The van der Waals surface area contributed by atoms with Crippen LogP contribution in [0.15, 0.2) is 30.3 Å². The molecule has 158 valence electrons. The van der Waals surface area contributed by atoms with Crippen molar-refractivity contribution in [3.63, 3.8) is 0 Å². The first-order valence-corrected chi connectivity index (χ1v) is 9.84. The Balaban J connectivity index is 1.38. The molecular weight excluding hydrogens is 395 g/mol. The van der Waals surface area contributed by atoms with Crippen molar-refractivity contribution >= 4 is 17.5 Å². The van der Waals surface area contributed by atoms with E-state index in [2.05, 4.69) is 5.32 Å². The Morgan fingerprint density at radius 3 is 2.50 bits per heavy atom. The third-order valence-corrected chi connectivity index (χ3v) is 6.16. The number of nitrogens with one attached hydrogen (secondary N) is 1. The van der Waals surface area contributed by atoms with E-state index in [4.69, 9.17) is 5.73 Å². The van der Waals surface area contributed by atoms with Gasteiger partial charge in [-0.25, -0.2) is 18.0 Å². The number of carbonyl (C=O) groups excluding carboxylic acids is 2. The van der Waals surface area contributed by atoms with Crippen LogP contribution < -0.4 is 11.1 Å². The van der Waals surface area contributed by atoms with Crippen LogP contribution in [0.25, 0.3) is 0 Å². The standard InChI is InChI=1S/C22H22F3N3O2/c23-14-8-15-16(18(25)9-14)10-22(11-20(15)29)3-5-28(6-4-22)21(30)27-12-13-1-2-17(24)19(26)7-13/h1-2,7-9H,3-6,10-12,26H2,(H,27,30). The first-order chi connectivity index (χ1) is 14.3. The number of likely N-dealkylation sites (tertiary alicyclic amines) is 1. The van der Waals surface area contributed by atoms with E-state index in [1.807, 2.05) is 0 Å². The maximum atomic E-state index is 14.3. The van der Waals surface area contributed by atoms with E-state index in [1.54, 1.807) is 11.0 Å². The Kier molecular flexibility index (Phi) is 5.17. The summed E-state index contributed by atoms with van der Waals surface area (Å²) in [6.45, 7) is 1.08. The van der Waals surface area contributed by atoms with Gasteiger partial charge in [-0.05, 0) is 54.0 Å². The van der Waals surface area contributed by atoms with Gasteiger partial charge in [-0.3, -0.25) is 4.79 Å². The van der Waals surface area contributed by atoms with Crippen molar-refractivity contribution in [3.8, 4) is 0 Å². The molecule has 0 unspecified atom stereocenters. The fraction of sp³-hybridized carbons (Fsp3) is 0.364. The molecule has 2 amide bonds. The minimum atomic E-state index is -0.745. The van der Waals surface area contributed by atoms with Gasteiger partial charge in [0, 0.05) is 37.7 Å². The fourth-order valence-electron chi connectivity index (χ4n) is 4.44. The highest BCUT2D eigenvalue weighted by Crippen LogP contribution is 2.44. The third kappa shape index (κ3) is 3.86. The molecular formula is C22H22F3N3O2. The SMILES string of the molecule is Nc1cc(CNC(=O)N2CCC3(CC2)CC(=O)c2cc(F)cc(F)c2C3)ccc1F. The average molecular weight is 417 g/mol. The number of Topliss-reactive ketones (excluding diaryl/α,β-unsaturated/α-hetero) is 1. The lowest BCUT2D eigenvalue weighted by molar-refractivity contribution is 0.0729. The fourth-order valence-corrected chi connectivity index (χ4v) is 4.44. The van der Waals surface area contributed by atoms with Gasteiger partial charge in [-0.15, -0.1) is 0 Å². The van der Waals surface area contributed by atoms with Crippen LogP contribution in [-0.4, -0.2) is 29.8 Å². The normalized spacial score (nSPS) is 17.7. The molecule has 0 aromatic heterocycles. The molecule has 1 fully saturated rings. The molecule has 8 heteroatoms. The Labute approximate surface area is 172 Å². The van der Waals surface area contributed by atoms with Crippen LogP contribution in [0.5, 0.6) is 0 Å². The van der Waals surface area contributed by atoms with Crippen molar-refractivity contribution < 1.29 is 22.8 Å². The van der Waals surface area contributed by atoms with E-state index in [1.165, 1.54) is 12.1 Å². The Hall–Kier alpha value is -3.03. The number of ketones is 1. The molecule has 1 aliphatic carbocycles. The molecule has 1 heterocycles. The molecule has 2 aromatic carbocycles. The summed E-state index contributed by atoms with van der Waals surface area (Å²) in [4.78, 5) is 26.7. The molecule has 1 saturated heterocycles. The van der Waals surface area contributed by atoms with Gasteiger partial charge in [0.2, 0.25) is 0 Å². The number of hydrogen-bond acceptors (Lipinski definition) is 3. The second-order valence-corrected chi connectivity index (χ2v) is 8.19. The summed E-state index contributed by atoms with van der Waals surface area (Å²) >= 11 is 0. The molecule has 0 bridgehead atoms. The number of halogens is 3. The van der Waals surface area contributed by atoms with Crippen LogP contribution in [0.3, 0.4) is 0 Å². The second-order valence-electron chi connectivity index (χ2n) is 8.19. The zero-order chi connectivity index (χ0) is 21.5. The van der Waals surface area contributed by atoms with Gasteiger partial charge in [-0.2, -0.15) is 0 Å². The topological polar surface area (TPSA) is 75.4 Å². The van der Waals surface area contributed by atoms with E-state index < -0.39 is 22.9 Å². The van der Waals surface area contributed by atoms with Gasteiger partial charge in [0.25, 0.3) is 0 Å². The number of nitrogen functional groups attached to an aromatic ring is 1. The summed E-state index contributed by atoms with van der Waals surface area (Å²) in [5.74, 6) is -2.18. The zero-order valence-electron chi connectivity index (χ0n) is 16.3. The van der Waals surface area contributed by atoms with Crippen molar-refractivity contribution in [2.75, 3.05) is 18.8 Å². The quantitative estimate of drug-likeness (QED) is 0.730. The van der Waals surface area contributed by atoms with Gasteiger partial charge in [0.05, 0.1) is 5.69 Å². The van der Waals surface area contributed by atoms with Gasteiger partial charge in [0.1, 0.15) is 17.5 Å². The second kappa shape index (κ2) is 7.66. The molecule has 0 radical (unpaired) electrons. The van der Waals surface area contributed by atoms with Gasteiger partial charge >= 0.3 is 6.03 Å². The van der Waals surface area contributed by atoms with E-state index in [0.717, 1.165) is 12.1 Å².